The molecule has 3 rings (SSSR count). The van der Waals surface area contributed by atoms with E-state index in [0.29, 0.717) is 13.2 Å². The number of morpholine rings is 1. The van der Waals surface area contributed by atoms with E-state index in [1.807, 2.05) is 13.0 Å². The van der Waals surface area contributed by atoms with Crippen molar-refractivity contribution in [2.75, 3.05) is 13.2 Å². The lowest BCUT2D eigenvalue weighted by molar-refractivity contribution is -0.129. The Kier molecular flexibility index (Phi) is 4.18. The van der Waals surface area contributed by atoms with E-state index < -0.39 is 0 Å². The molecule has 1 aromatic heterocycles. The molecule has 0 radical (unpaired) electrons. The SMILES string of the molecule is Cc1[nH]c2ccc(CNC(=O)[C@H]3NCCO[C@@H]3C)cc2c1C. The first kappa shape index (κ1) is 15.1. The first-order chi connectivity index (χ1) is 10.6. The smallest absolute Gasteiger partial charge is 0.240 e. The van der Waals surface area contributed by atoms with Crippen LogP contribution in [-0.4, -0.2) is 36.2 Å². The number of amides is 1. The number of fused-ring (bicyclic) bond motifs is 1. The number of ether oxygens (including phenoxy) is 1. The van der Waals surface area contributed by atoms with Crippen LogP contribution in [0.3, 0.4) is 0 Å². The normalized spacial score (nSPS) is 22.0. The summed E-state index contributed by atoms with van der Waals surface area (Å²) in [5, 5.41) is 7.42. The van der Waals surface area contributed by atoms with Crippen LogP contribution < -0.4 is 10.6 Å². The molecule has 5 nitrogen and oxygen atoms in total. The quantitative estimate of drug-likeness (QED) is 0.809. The van der Waals surface area contributed by atoms with Crippen LogP contribution in [0.4, 0.5) is 0 Å². The van der Waals surface area contributed by atoms with Crippen molar-refractivity contribution < 1.29 is 9.53 Å². The summed E-state index contributed by atoms with van der Waals surface area (Å²) in [5.41, 5.74) is 4.70. The van der Waals surface area contributed by atoms with E-state index in [1.165, 1.54) is 16.6 Å². The number of benzene rings is 1. The lowest BCUT2D eigenvalue weighted by atomic mass is 10.1. The molecule has 1 aliphatic rings. The van der Waals surface area contributed by atoms with Crippen molar-refractivity contribution in [2.45, 2.75) is 39.5 Å². The zero-order valence-corrected chi connectivity index (χ0v) is 13.3. The van der Waals surface area contributed by atoms with Crippen LogP contribution in [0.5, 0.6) is 0 Å². The molecule has 2 atom stereocenters. The number of carbonyl (C=O) groups is 1. The molecule has 3 N–H and O–H groups in total. The maximum absolute atomic E-state index is 12.3. The molecule has 0 unspecified atom stereocenters. The minimum Gasteiger partial charge on any atom is -0.375 e. The van der Waals surface area contributed by atoms with Gasteiger partial charge in [-0.1, -0.05) is 6.07 Å². The van der Waals surface area contributed by atoms with Crippen molar-refractivity contribution in [1.29, 1.82) is 0 Å². The Morgan fingerprint density at radius 3 is 3.00 bits per heavy atom. The molecule has 118 valence electrons. The van der Waals surface area contributed by atoms with Gasteiger partial charge in [0.25, 0.3) is 0 Å². The topological polar surface area (TPSA) is 66.2 Å². The van der Waals surface area contributed by atoms with Crippen LogP contribution in [0.15, 0.2) is 18.2 Å². The molecule has 5 heteroatoms. The van der Waals surface area contributed by atoms with Crippen molar-refractivity contribution in [3.63, 3.8) is 0 Å². The summed E-state index contributed by atoms with van der Waals surface area (Å²) in [6.45, 7) is 8.02. The van der Waals surface area contributed by atoms with Crippen LogP contribution in [0.25, 0.3) is 10.9 Å². The van der Waals surface area contributed by atoms with E-state index in [1.54, 1.807) is 0 Å². The van der Waals surface area contributed by atoms with E-state index in [-0.39, 0.29) is 18.1 Å². The molecule has 0 bridgehead atoms. The van der Waals surface area contributed by atoms with Crippen molar-refractivity contribution in [1.82, 2.24) is 15.6 Å². The minimum absolute atomic E-state index is 0.00531. The Morgan fingerprint density at radius 2 is 2.23 bits per heavy atom. The van der Waals surface area contributed by atoms with Gasteiger partial charge >= 0.3 is 0 Å². The Balaban J connectivity index is 1.68. The van der Waals surface area contributed by atoms with Gasteiger partial charge in [-0.3, -0.25) is 4.79 Å². The fourth-order valence-electron chi connectivity index (χ4n) is 2.94. The number of aromatic amines is 1. The Morgan fingerprint density at radius 1 is 1.41 bits per heavy atom. The van der Waals surface area contributed by atoms with E-state index in [4.69, 9.17) is 4.74 Å². The average Bonchev–Trinajstić information content (AvgIpc) is 2.80. The number of hydrogen-bond donors (Lipinski definition) is 3. The minimum atomic E-state index is -0.270. The Hall–Kier alpha value is -1.85. The zero-order valence-electron chi connectivity index (χ0n) is 13.3. The molecule has 22 heavy (non-hydrogen) atoms. The summed E-state index contributed by atoms with van der Waals surface area (Å²) in [4.78, 5) is 15.6. The molecule has 0 saturated carbocycles. The standard InChI is InChI=1S/C17H23N3O2/c1-10-11(2)20-15-5-4-13(8-14(10)15)9-19-17(21)16-12(3)22-7-6-18-16/h4-5,8,12,16,18,20H,6-7,9H2,1-3H3,(H,19,21)/t12-,16+/m1/s1. The highest BCUT2D eigenvalue weighted by Crippen LogP contribution is 2.22. The van der Waals surface area contributed by atoms with E-state index in [0.717, 1.165) is 17.6 Å². The molecular formula is C17H23N3O2. The van der Waals surface area contributed by atoms with Crippen molar-refractivity contribution in [3.8, 4) is 0 Å². The predicted octanol–water partition coefficient (Wildman–Crippen LogP) is 1.78. The molecule has 2 aromatic rings. The molecule has 0 spiro atoms. The van der Waals surface area contributed by atoms with Crippen LogP contribution in [0.1, 0.15) is 23.7 Å². The van der Waals surface area contributed by atoms with Gasteiger partial charge in [-0.2, -0.15) is 0 Å². The van der Waals surface area contributed by atoms with Crippen molar-refractivity contribution in [3.05, 3.63) is 35.0 Å². The Labute approximate surface area is 130 Å². The molecule has 1 amide bonds. The molecule has 1 aromatic carbocycles. The van der Waals surface area contributed by atoms with Crippen LogP contribution >= 0.6 is 0 Å². The second kappa shape index (κ2) is 6.10. The number of H-pyrrole nitrogens is 1. The van der Waals surface area contributed by atoms with Crippen LogP contribution in [0, 0.1) is 13.8 Å². The third kappa shape index (κ3) is 2.87. The number of nitrogens with one attached hydrogen (secondary N) is 3. The number of rotatable bonds is 3. The highest BCUT2D eigenvalue weighted by atomic mass is 16.5. The maximum Gasteiger partial charge on any atom is 0.240 e. The third-order valence-electron chi connectivity index (χ3n) is 4.44. The lowest BCUT2D eigenvalue weighted by Gasteiger charge is -2.29. The van der Waals surface area contributed by atoms with E-state index in [2.05, 4.69) is 41.6 Å². The highest BCUT2D eigenvalue weighted by molar-refractivity contribution is 5.85. The van der Waals surface area contributed by atoms with Crippen LogP contribution in [-0.2, 0) is 16.1 Å². The van der Waals surface area contributed by atoms with Crippen molar-refractivity contribution >= 4 is 16.8 Å². The van der Waals surface area contributed by atoms with Crippen LogP contribution in [0.2, 0.25) is 0 Å². The van der Waals surface area contributed by atoms with Gasteiger partial charge in [0.05, 0.1) is 12.7 Å². The predicted molar refractivity (Wildman–Crippen MR) is 86.8 cm³/mol. The third-order valence-corrected chi connectivity index (χ3v) is 4.44. The highest BCUT2D eigenvalue weighted by Gasteiger charge is 2.27. The zero-order chi connectivity index (χ0) is 15.7. The molecule has 1 aliphatic heterocycles. The molecule has 1 saturated heterocycles. The largest absolute Gasteiger partial charge is 0.375 e. The van der Waals surface area contributed by atoms with Gasteiger partial charge in [0, 0.05) is 29.7 Å². The maximum atomic E-state index is 12.3. The van der Waals surface area contributed by atoms with Gasteiger partial charge in [-0.25, -0.2) is 0 Å². The van der Waals surface area contributed by atoms with Gasteiger partial charge in [0.2, 0.25) is 5.91 Å². The summed E-state index contributed by atoms with van der Waals surface area (Å²) in [5.74, 6) is -0.00531. The van der Waals surface area contributed by atoms with E-state index >= 15 is 0 Å². The Bertz CT molecular complexity index is 693. The second-order valence-electron chi connectivity index (χ2n) is 5.98. The second-order valence-corrected chi connectivity index (χ2v) is 5.98. The summed E-state index contributed by atoms with van der Waals surface area (Å²) in [6, 6.07) is 5.99. The van der Waals surface area contributed by atoms with E-state index in [9.17, 15) is 4.79 Å². The lowest BCUT2D eigenvalue weighted by Crippen LogP contribution is -2.55. The van der Waals surface area contributed by atoms with Gasteiger partial charge < -0.3 is 20.4 Å². The van der Waals surface area contributed by atoms with Gasteiger partial charge in [0.15, 0.2) is 0 Å². The monoisotopic (exact) mass is 301 g/mol. The average molecular weight is 301 g/mol. The summed E-state index contributed by atoms with van der Waals surface area (Å²) in [6.07, 6.45) is -0.0919. The summed E-state index contributed by atoms with van der Waals surface area (Å²) < 4.78 is 5.51. The number of aromatic nitrogens is 1. The number of aryl methyl sites for hydroxylation is 2. The van der Waals surface area contributed by atoms with Crippen molar-refractivity contribution in [2.24, 2.45) is 0 Å². The van der Waals surface area contributed by atoms with Gasteiger partial charge in [-0.15, -0.1) is 0 Å². The summed E-state index contributed by atoms with van der Waals surface area (Å²) >= 11 is 0. The first-order valence-electron chi connectivity index (χ1n) is 7.77. The fourth-order valence-corrected chi connectivity index (χ4v) is 2.94. The fraction of sp³-hybridized carbons (Fsp3) is 0.471. The number of carbonyl (C=O) groups excluding carboxylic acids is 1. The van der Waals surface area contributed by atoms with Gasteiger partial charge in [0.1, 0.15) is 6.04 Å². The summed E-state index contributed by atoms with van der Waals surface area (Å²) in [7, 11) is 0. The first-order valence-corrected chi connectivity index (χ1v) is 7.77. The molecule has 2 heterocycles. The number of hydrogen-bond acceptors (Lipinski definition) is 3. The van der Waals surface area contributed by atoms with Gasteiger partial charge in [-0.05, 0) is 44.0 Å². The molecular weight excluding hydrogens is 278 g/mol. The molecule has 0 aliphatic carbocycles. The molecule has 1 fully saturated rings.